The lowest BCUT2D eigenvalue weighted by Gasteiger charge is -2.38. The fraction of sp³-hybridized carbons (Fsp3) is 0.381. The molecule has 0 bridgehead atoms. The van der Waals surface area contributed by atoms with E-state index in [4.69, 9.17) is 21.5 Å². The number of nitrogens with two attached hydrogens (primary N) is 1. The minimum absolute atomic E-state index is 0.0522. The fourth-order valence-corrected chi connectivity index (χ4v) is 5.30. The molecule has 0 unspecified atom stereocenters. The van der Waals surface area contributed by atoms with E-state index in [0.29, 0.717) is 23.0 Å². The van der Waals surface area contributed by atoms with Crippen molar-refractivity contribution < 1.29 is 13.2 Å². The number of benzene rings is 2. The second-order valence-corrected chi connectivity index (χ2v) is 9.75. The van der Waals surface area contributed by atoms with Crippen molar-refractivity contribution in [1.82, 2.24) is 10.2 Å². The Morgan fingerprint density at radius 3 is 2.80 bits per heavy atom. The third-order valence-corrected chi connectivity index (χ3v) is 6.89. The van der Waals surface area contributed by atoms with Gasteiger partial charge in [-0.3, -0.25) is 4.90 Å². The molecule has 3 N–H and O–H groups in total. The van der Waals surface area contributed by atoms with Gasteiger partial charge in [0.15, 0.2) is 0 Å². The molecule has 0 radical (unpaired) electrons. The second kappa shape index (κ2) is 8.17. The molecule has 1 fully saturated rings. The van der Waals surface area contributed by atoms with Crippen LogP contribution < -0.4 is 15.2 Å². The quantitative estimate of drug-likeness (QED) is 0.745. The second-order valence-electron chi connectivity index (χ2n) is 7.78. The van der Waals surface area contributed by atoms with E-state index in [1.54, 1.807) is 24.3 Å². The van der Waals surface area contributed by atoms with Gasteiger partial charge in [-0.05, 0) is 48.7 Å². The van der Waals surface area contributed by atoms with E-state index < -0.39 is 16.1 Å². The Morgan fingerprint density at radius 2 is 2.10 bits per heavy atom. The third-order valence-electron chi connectivity index (χ3n) is 5.72. The number of rotatable bonds is 4. The topological polar surface area (TPSA) is 108 Å². The van der Waals surface area contributed by atoms with Gasteiger partial charge in [-0.1, -0.05) is 23.7 Å². The summed E-state index contributed by atoms with van der Waals surface area (Å²) in [5.74, 6) is 0.199. The van der Waals surface area contributed by atoms with Crippen LogP contribution in [0, 0.1) is 11.3 Å². The smallest absolute Gasteiger partial charge is 0.241 e. The Balaban J connectivity index is 1.79. The SMILES string of the molecule is C[C@@H]1CN([C@H]2Cc3c(C#N)cc(Cl)cc3[C@@H]2Oc2ccccc2S(N)(=O)=O)CCN1. The van der Waals surface area contributed by atoms with Crippen molar-refractivity contribution in [2.75, 3.05) is 19.6 Å². The number of nitriles is 1. The highest BCUT2D eigenvalue weighted by Gasteiger charge is 2.41. The lowest BCUT2D eigenvalue weighted by Crippen LogP contribution is -2.54. The van der Waals surface area contributed by atoms with E-state index >= 15 is 0 Å². The number of nitrogens with one attached hydrogen (secondary N) is 1. The molecule has 3 atom stereocenters. The minimum Gasteiger partial charge on any atom is -0.483 e. The Morgan fingerprint density at radius 1 is 1.33 bits per heavy atom. The van der Waals surface area contributed by atoms with E-state index in [0.717, 1.165) is 30.8 Å². The number of primary sulfonamides is 1. The molecule has 9 heteroatoms. The third kappa shape index (κ3) is 4.04. The summed E-state index contributed by atoms with van der Waals surface area (Å²) in [4.78, 5) is 2.27. The molecule has 1 aliphatic carbocycles. The lowest BCUT2D eigenvalue weighted by atomic mass is 10.0. The number of nitrogens with zero attached hydrogens (tertiary/aromatic N) is 2. The van der Waals surface area contributed by atoms with Crippen molar-refractivity contribution in [1.29, 1.82) is 5.26 Å². The number of ether oxygens (including phenoxy) is 1. The predicted molar refractivity (Wildman–Crippen MR) is 114 cm³/mol. The fourth-order valence-electron chi connectivity index (χ4n) is 4.41. The van der Waals surface area contributed by atoms with Crippen molar-refractivity contribution in [2.24, 2.45) is 5.14 Å². The molecule has 158 valence electrons. The molecule has 0 saturated carbocycles. The summed E-state index contributed by atoms with van der Waals surface area (Å²) in [6.45, 7) is 4.62. The van der Waals surface area contributed by atoms with Crippen LogP contribution in [0.1, 0.15) is 29.7 Å². The largest absolute Gasteiger partial charge is 0.483 e. The number of para-hydroxylation sites is 1. The van der Waals surface area contributed by atoms with Crippen LogP contribution in [0.25, 0.3) is 0 Å². The number of fused-ring (bicyclic) bond motifs is 1. The molecule has 7 nitrogen and oxygen atoms in total. The van der Waals surface area contributed by atoms with Crippen LogP contribution in [0.3, 0.4) is 0 Å². The van der Waals surface area contributed by atoms with E-state index in [9.17, 15) is 13.7 Å². The van der Waals surface area contributed by atoms with Gasteiger partial charge >= 0.3 is 0 Å². The lowest BCUT2D eigenvalue weighted by molar-refractivity contribution is 0.0579. The Labute approximate surface area is 181 Å². The minimum atomic E-state index is -3.95. The normalized spacial score (nSPS) is 24.3. The zero-order chi connectivity index (χ0) is 21.5. The zero-order valence-corrected chi connectivity index (χ0v) is 18.1. The highest BCUT2D eigenvalue weighted by molar-refractivity contribution is 7.89. The Hall–Kier alpha value is -2.15. The summed E-state index contributed by atoms with van der Waals surface area (Å²) in [6.07, 6.45) is 0.156. The number of piperazine rings is 1. The van der Waals surface area contributed by atoms with Crippen molar-refractivity contribution >= 4 is 21.6 Å². The van der Waals surface area contributed by atoms with Crippen molar-refractivity contribution in [3.05, 3.63) is 58.1 Å². The predicted octanol–water partition coefficient (Wildman–Crippen LogP) is 2.20. The van der Waals surface area contributed by atoms with Gasteiger partial charge in [0.2, 0.25) is 10.0 Å². The highest BCUT2D eigenvalue weighted by atomic mass is 35.5. The first-order valence-corrected chi connectivity index (χ1v) is 11.7. The molecule has 2 aliphatic rings. The molecule has 4 rings (SSSR count). The van der Waals surface area contributed by atoms with Crippen LogP contribution in [-0.2, 0) is 16.4 Å². The van der Waals surface area contributed by atoms with Crippen LogP contribution in [0.15, 0.2) is 41.3 Å². The number of halogens is 1. The van der Waals surface area contributed by atoms with Gasteiger partial charge < -0.3 is 10.1 Å². The van der Waals surface area contributed by atoms with Gasteiger partial charge in [-0.2, -0.15) is 5.26 Å². The van der Waals surface area contributed by atoms with Crippen molar-refractivity contribution in [3.8, 4) is 11.8 Å². The van der Waals surface area contributed by atoms with Gasteiger partial charge in [0.1, 0.15) is 16.7 Å². The molecule has 1 saturated heterocycles. The van der Waals surface area contributed by atoms with Gasteiger partial charge in [0.25, 0.3) is 0 Å². The molecule has 30 heavy (non-hydrogen) atoms. The van der Waals surface area contributed by atoms with Crippen LogP contribution in [0.4, 0.5) is 0 Å². The zero-order valence-electron chi connectivity index (χ0n) is 16.5. The number of hydrogen-bond acceptors (Lipinski definition) is 6. The van der Waals surface area contributed by atoms with Crippen LogP contribution in [0.2, 0.25) is 5.02 Å². The maximum Gasteiger partial charge on any atom is 0.241 e. The summed E-state index contributed by atoms with van der Waals surface area (Å²) in [5, 5.41) is 18.9. The van der Waals surface area contributed by atoms with E-state index in [1.165, 1.54) is 6.07 Å². The summed E-state index contributed by atoms with van der Waals surface area (Å²) in [6, 6.07) is 12.3. The molecular weight excluding hydrogens is 424 g/mol. The van der Waals surface area contributed by atoms with Gasteiger partial charge in [-0.15, -0.1) is 0 Å². The molecule has 1 aliphatic heterocycles. The first-order chi connectivity index (χ1) is 14.3. The molecule has 0 aromatic heterocycles. The highest BCUT2D eigenvalue weighted by Crippen LogP contribution is 2.42. The summed E-state index contributed by atoms with van der Waals surface area (Å²) >= 11 is 6.29. The maximum absolute atomic E-state index is 12.1. The van der Waals surface area contributed by atoms with Crippen LogP contribution in [-0.4, -0.2) is 45.0 Å². The maximum atomic E-state index is 12.1. The Bertz CT molecular complexity index is 1120. The first-order valence-electron chi connectivity index (χ1n) is 9.76. The van der Waals surface area contributed by atoms with E-state index in [2.05, 4.69) is 23.2 Å². The first kappa shape index (κ1) is 21.1. The average Bonchev–Trinajstić information content (AvgIpc) is 3.05. The van der Waals surface area contributed by atoms with Crippen LogP contribution >= 0.6 is 11.6 Å². The molecule has 2 aromatic rings. The standard InChI is InChI=1S/C21H23ClN4O3S/c1-13-12-26(7-6-25-13)18-10-16-14(11-23)8-15(22)9-17(16)21(18)29-19-4-2-3-5-20(19)30(24,27)28/h2-5,8-9,13,18,21,25H,6-7,10,12H2,1H3,(H2,24,27,28)/t13-,18+,21+/m1/s1. The molecule has 2 aromatic carbocycles. The van der Waals surface area contributed by atoms with Gasteiger partial charge in [-0.25, -0.2) is 13.6 Å². The number of sulfonamides is 1. The van der Waals surface area contributed by atoms with Crippen molar-refractivity contribution in [3.63, 3.8) is 0 Å². The van der Waals surface area contributed by atoms with E-state index in [1.807, 2.05) is 6.07 Å². The number of hydrogen-bond donors (Lipinski definition) is 2. The molecule has 0 amide bonds. The van der Waals surface area contributed by atoms with Crippen molar-refractivity contribution in [2.45, 2.75) is 36.4 Å². The monoisotopic (exact) mass is 446 g/mol. The van der Waals surface area contributed by atoms with Gasteiger partial charge in [0, 0.05) is 30.7 Å². The summed E-state index contributed by atoms with van der Waals surface area (Å²) < 4.78 is 30.5. The van der Waals surface area contributed by atoms with E-state index in [-0.39, 0.29) is 16.7 Å². The molecular formula is C21H23ClN4O3S. The van der Waals surface area contributed by atoms with Gasteiger partial charge in [0.05, 0.1) is 17.7 Å². The van der Waals surface area contributed by atoms with Crippen LogP contribution in [0.5, 0.6) is 5.75 Å². The summed E-state index contributed by atoms with van der Waals surface area (Å²) in [5.41, 5.74) is 2.24. The summed E-state index contributed by atoms with van der Waals surface area (Å²) in [7, 11) is -3.95. The molecule has 0 spiro atoms. The molecule has 1 heterocycles. The Kier molecular flexibility index (Phi) is 5.75. The average molecular weight is 447 g/mol.